The van der Waals surface area contributed by atoms with Crippen LogP contribution < -0.4 is 5.32 Å². The maximum atomic E-state index is 10.9. The van der Waals surface area contributed by atoms with E-state index in [2.05, 4.69) is 31.0 Å². The maximum Gasteiger partial charge on any atom is 0.269 e. The molecule has 0 amide bonds. The monoisotopic (exact) mass is 277 g/mol. The van der Waals surface area contributed by atoms with Crippen molar-refractivity contribution in [1.29, 1.82) is 0 Å². The first-order chi connectivity index (χ1) is 9.45. The number of hydrogen-bond acceptors (Lipinski definition) is 4. The Kier molecular flexibility index (Phi) is 4.40. The molecule has 2 rings (SSSR count). The number of nitro benzene ring substituents is 1. The molecule has 1 heterocycles. The van der Waals surface area contributed by atoms with Gasteiger partial charge in [0.15, 0.2) is 0 Å². The molecule has 1 aliphatic heterocycles. The van der Waals surface area contributed by atoms with Gasteiger partial charge in [0.25, 0.3) is 5.69 Å². The van der Waals surface area contributed by atoms with E-state index in [-0.39, 0.29) is 22.2 Å². The lowest BCUT2D eigenvalue weighted by atomic mass is 9.93. The Labute approximate surface area is 120 Å². The van der Waals surface area contributed by atoms with E-state index in [9.17, 15) is 10.1 Å². The van der Waals surface area contributed by atoms with E-state index >= 15 is 0 Å². The summed E-state index contributed by atoms with van der Waals surface area (Å²) in [5, 5.41) is 14.4. The highest BCUT2D eigenvalue weighted by atomic mass is 16.6. The number of non-ortho nitro benzene ring substituents is 1. The van der Waals surface area contributed by atoms with E-state index in [0.717, 1.165) is 31.6 Å². The maximum absolute atomic E-state index is 10.9. The smallest absolute Gasteiger partial charge is 0.269 e. The van der Waals surface area contributed by atoms with Gasteiger partial charge in [0, 0.05) is 43.3 Å². The molecule has 5 nitrogen and oxygen atoms in total. The molecule has 1 atom stereocenters. The van der Waals surface area contributed by atoms with Crippen molar-refractivity contribution in [3.63, 3.8) is 0 Å². The summed E-state index contributed by atoms with van der Waals surface area (Å²) in [7, 11) is 0. The molecule has 5 heteroatoms. The highest BCUT2D eigenvalue weighted by molar-refractivity contribution is 5.36. The summed E-state index contributed by atoms with van der Waals surface area (Å²) >= 11 is 0. The van der Waals surface area contributed by atoms with E-state index in [1.807, 2.05) is 6.07 Å². The SMILES string of the molecule is CCC(c1cccc([N+](=O)[O-])c1)N1CCNCC1(C)C. The van der Waals surface area contributed by atoms with E-state index in [1.165, 1.54) is 0 Å². The van der Waals surface area contributed by atoms with Gasteiger partial charge in [-0.2, -0.15) is 0 Å². The van der Waals surface area contributed by atoms with Gasteiger partial charge in [-0.3, -0.25) is 15.0 Å². The van der Waals surface area contributed by atoms with Gasteiger partial charge in [0.05, 0.1) is 4.92 Å². The molecular weight excluding hydrogens is 254 g/mol. The third kappa shape index (κ3) is 2.99. The Balaban J connectivity index is 2.32. The second-order valence-electron chi connectivity index (χ2n) is 5.96. The predicted molar refractivity (Wildman–Crippen MR) is 79.8 cm³/mol. The zero-order valence-corrected chi connectivity index (χ0v) is 12.4. The first kappa shape index (κ1) is 14.9. The molecule has 1 aromatic carbocycles. The minimum absolute atomic E-state index is 0.0591. The Morgan fingerprint density at radius 3 is 2.85 bits per heavy atom. The number of benzene rings is 1. The molecule has 1 aliphatic rings. The number of piperazine rings is 1. The van der Waals surface area contributed by atoms with Crippen LogP contribution in [0.1, 0.15) is 38.8 Å². The van der Waals surface area contributed by atoms with E-state index in [4.69, 9.17) is 0 Å². The average Bonchev–Trinajstić information content (AvgIpc) is 2.41. The van der Waals surface area contributed by atoms with Gasteiger partial charge in [-0.15, -0.1) is 0 Å². The molecule has 0 aromatic heterocycles. The van der Waals surface area contributed by atoms with Gasteiger partial charge in [-0.25, -0.2) is 0 Å². The van der Waals surface area contributed by atoms with Crippen molar-refractivity contribution in [3.8, 4) is 0 Å². The third-order valence-electron chi connectivity index (χ3n) is 4.09. The lowest BCUT2D eigenvalue weighted by Gasteiger charge is -2.47. The van der Waals surface area contributed by atoms with Crippen LogP contribution in [0.25, 0.3) is 0 Å². The third-order valence-corrected chi connectivity index (χ3v) is 4.09. The summed E-state index contributed by atoms with van der Waals surface area (Å²) in [6.45, 7) is 9.46. The number of nitrogens with zero attached hydrogens (tertiary/aromatic N) is 2. The van der Waals surface area contributed by atoms with Crippen LogP contribution in [0.15, 0.2) is 24.3 Å². The van der Waals surface area contributed by atoms with Gasteiger partial charge in [-0.05, 0) is 25.8 Å². The van der Waals surface area contributed by atoms with Gasteiger partial charge < -0.3 is 5.32 Å². The lowest BCUT2D eigenvalue weighted by molar-refractivity contribution is -0.385. The standard InChI is InChI=1S/C15H23N3O2/c1-4-14(17-9-8-16-11-15(17,2)3)12-6-5-7-13(10-12)18(19)20/h5-7,10,14,16H,4,8-9,11H2,1-3H3. The molecule has 1 aromatic rings. The van der Waals surface area contributed by atoms with Crippen molar-refractivity contribution >= 4 is 5.69 Å². The van der Waals surface area contributed by atoms with Gasteiger partial charge >= 0.3 is 0 Å². The Morgan fingerprint density at radius 2 is 2.25 bits per heavy atom. The van der Waals surface area contributed by atoms with Crippen LogP contribution in [0, 0.1) is 10.1 Å². The highest BCUT2D eigenvalue weighted by Gasteiger charge is 2.34. The van der Waals surface area contributed by atoms with E-state index in [1.54, 1.807) is 18.2 Å². The summed E-state index contributed by atoms with van der Waals surface area (Å²) in [5.74, 6) is 0. The molecule has 1 saturated heterocycles. The predicted octanol–water partition coefficient (Wildman–Crippen LogP) is 2.73. The molecule has 1 N–H and O–H groups in total. The number of hydrogen-bond donors (Lipinski definition) is 1. The summed E-state index contributed by atoms with van der Waals surface area (Å²) in [6, 6.07) is 7.28. The molecule has 0 bridgehead atoms. The minimum Gasteiger partial charge on any atom is -0.314 e. The van der Waals surface area contributed by atoms with Crippen molar-refractivity contribution < 1.29 is 4.92 Å². The van der Waals surface area contributed by atoms with E-state index < -0.39 is 0 Å². The molecule has 0 aliphatic carbocycles. The first-order valence-electron chi connectivity index (χ1n) is 7.17. The second-order valence-corrected chi connectivity index (χ2v) is 5.96. The molecule has 1 unspecified atom stereocenters. The molecule has 0 spiro atoms. The Hall–Kier alpha value is -1.46. The van der Waals surface area contributed by atoms with Crippen molar-refractivity contribution in [3.05, 3.63) is 39.9 Å². The summed E-state index contributed by atoms with van der Waals surface area (Å²) < 4.78 is 0. The van der Waals surface area contributed by atoms with Crippen LogP contribution in [0.3, 0.4) is 0 Å². The average molecular weight is 277 g/mol. The van der Waals surface area contributed by atoms with Crippen LogP contribution >= 0.6 is 0 Å². The van der Waals surface area contributed by atoms with Crippen LogP contribution in [0.4, 0.5) is 5.69 Å². The van der Waals surface area contributed by atoms with Crippen LogP contribution in [-0.4, -0.2) is 35.0 Å². The van der Waals surface area contributed by atoms with Crippen LogP contribution in [0.5, 0.6) is 0 Å². The topological polar surface area (TPSA) is 58.4 Å². The molecule has 20 heavy (non-hydrogen) atoms. The Morgan fingerprint density at radius 1 is 1.50 bits per heavy atom. The van der Waals surface area contributed by atoms with Crippen molar-refractivity contribution in [2.24, 2.45) is 0 Å². The number of nitrogens with one attached hydrogen (secondary N) is 1. The molecule has 0 radical (unpaired) electrons. The summed E-state index contributed by atoms with van der Waals surface area (Å²) in [5.41, 5.74) is 1.27. The molecule has 1 fully saturated rings. The zero-order valence-electron chi connectivity index (χ0n) is 12.4. The Bertz CT molecular complexity index is 488. The molecule has 110 valence electrons. The highest BCUT2D eigenvalue weighted by Crippen LogP contribution is 2.33. The van der Waals surface area contributed by atoms with Gasteiger partial charge in [0.2, 0.25) is 0 Å². The summed E-state index contributed by atoms with van der Waals surface area (Å²) in [6.07, 6.45) is 0.949. The fourth-order valence-corrected chi connectivity index (χ4v) is 3.06. The largest absolute Gasteiger partial charge is 0.314 e. The summed E-state index contributed by atoms with van der Waals surface area (Å²) in [4.78, 5) is 13.1. The minimum atomic E-state index is -0.320. The van der Waals surface area contributed by atoms with Crippen molar-refractivity contribution in [1.82, 2.24) is 10.2 Å². The first-order valence-corrected chi connectivity index (χ1v) is 7.17. The normalized spacial score (nSPS) is 20.6. The fourth-order valence-electron chi connectivity index (χ4n) is 3.06. The van der Waals surface area contributed by atoms with Gasteiger partial charge in [0.1, 0.15) is 0 Å². The molecule has 0 saturated carbocycles. The van der Waals surface area contributed by atoms with E-state index in [0.29, 0.717) is 0 Å². The van der Waals surface area contributed by atoms with Crippen molar-refractivity contribution in [2.45, 2.75) is 38.8 Å². The lowest BCUT2D eigenvalue weighted by Crippen LogP contribution is -2.58. The quantitative estimate of drug-likeness (QED) is 0.679. The van der Waals surface area contributed by atoms with Crippen LogP contribution in [0.2, 0.25) is 0 Å². The second kappa shape index (κ2) is 5.89. The number of rotatable bonds is 4. The fraction of sp³-hybridized carbons (Fsp3) is 0.600. The van der Waals surface area contributed by atoms with Crippen LogP contribution in [-0.2, 0) is 0 Å². The van der Waals surface area contributed by atoms with Gasteiger partial charge in [-0.1, -0.05) is 19.1 Å². The number of nitro groups is 1. The zero-order chi connectivity index (χ0) is 14.8. The molecular formula is C15H23N3O2. The van der Waals surface area contributed by atoms with Crippen molar-refractivity contribution in [2.75, 3.05) is 19.6 Å².